The van der Waals surface area contributed by atoms with E-state index in [-0.39, 0.29) is 0 Å². The van der Waals surface area contributed by atoms with Gasteiger partial charge in [0.05, 0.1) is 11.9 Å². The Bertz CT molecular complexity index is 612. The second kappa shape index (κ2) is 3.57. The molecule has 16 heavy (non-hydrogen) atoms. The molecule has 80 valence electrons. The summed E-state index contributed by atoms with van der Waals surface area (Å²) in [6.07, 6.45) is 5.37. The smallest absolute Gasteiger partial charge is 0.214 e. The van der Waals surface area contributed by atoms with E-state index in [4.69, 9.17) is 0 Å². The van der Waals surface area contributed by atoms with E-state index in [1.165, 1.54) is 11.3 Å². The fraction of sp³-hybridized carbons (Fsp3) is 0.100. The van der Waals surface area contributed by atoms with Gasteiger partial charge in [0.25, 0.3) is 0 Å². The van der Waals surface area contributed by atoms with Crippen LogP contribution in [0.4, 0.5) is 5.13 Å². The molecule has 0 bridgehead atoms. The molecule has 0 atom stereocenters. The molecule has 0 aliphatic rings. The number of fused-ring (bicyclic) bond motifs is 1. The van der Waals surface area contributed by atoms with Crippen LogP contribution in [0, 0.1) is 0 Å². The lowest BCUT2D eigenvalue weighted by Gasteiger charge is -1.96. The van der Waals surface area contributed by atoms with Gasteiger partial charge in [-0.2, -0.15) is 0 Å². The molecule has 0 fully saturated rings. The van der Waals surface area contributed by atoms with Crippen molar-refractivity contribution in [3.05, 3.63) is 30.7 Å². The quantitative estimate of drug-likeness (QED) is 0.731. The third-order valence-electron chi connectivity index (χ3n) is 2.26. The standard InChI is InChI=1S/C10H9N5S/c1-11-9-14-15-8(6-13-10(15)16-9)7-3-2-4-12-5-7/h2-6H,1H3,(H,11,14). The summed E-state index contributed by atoms with van der Waals surface area (Å²) in [7, 11) is 1.85. The zero-order valence-corrected chi connectivity index (χ0v) is 9.40. The lowest BCUT2D eigenvalue weighted by molar-refractivity contribution is 0.981. The van der Waals surface area contributed by atoms with Crippen LogP contribution in [-0.2, 0) is 0 Å². The number of anilines is 1. The fourth-order valence-electron chi connectivity index (χ4n) is 1.50. The normalized spacial score (nSPS) is 10.8. The average Bonchev–Trinajstić information content (AvgIpc) is 2.88. The first-order valence-electron chi connectivity index (χ1n) is 4.81. The molecule has 1 N–H and O–H groups in total. The highest BCUT2D eigenvalue weighted by atomic mass is 32.1. The largest absolute Gasteiger partial charge is 0.363 e. The Morgan fingerprint density at radius 3 is 3.06 bits per heavy atom. The van der Waals surface area contributed by atoms with Gasteiger partial charge in [0.1, 0.15) is 0 Å². The first-order valence-corrected chi connectivity index (χ1v) is 5.63. The lowest BCUT2D eigenvalue weighted by atomic mass is 10.2. The Balaban J connectivity index is 2.20. The summed E-state index contributed by atoms with van der Waals surface area (Å²) < 4.78 is 1.83. The van der Waals surface area contributed by atoms with Gasteiger partial charge in [-0.05, 0) is 12.1 Å². The van der Waals surface area contributed by atoms with Gasteiger partial charge in [0, 0.05) is 25.0 Å². The van der Waals surface area contributed by atoms with E-state index in [9.17, 15) is 0 Å². The number of pyridine rings is 1. The van der Waals surface area contributed by atoms with Gasteiger partial charge >= 0.3 is 0 Å². The van der Waals surface area contributed by atoms with Gasteiger partial charge in [-0.25, -0.2) is 9.50 Å². The molecule has 3 aromatic rings. The summed E-state index contributed by atoms with van der Waals surface area (Å²) in [6.45, 7) is 0. The van der Waals surface area contributed by atoms with Gasteiger partial charge in [-0.15, -0.1) is 5.10 Å². The molecule has 3 heterocycles. The van der Waals surface area contributed by atoms with Crippen LogP contribution in [-0.4, -0.2) is 26.6 Å². The number of rotatable bonds is 2. The third kappa shape index (κ3) is 1.35. The predicted molar refractivity (Wildman–Crippen MR) is 63.6 cm³/mol. The van der Waals surface area contributed by atoms with Crippen molar-refractivity contribution < 1.29 is 0 Å². The Hall–Kier alpha value is -1.95. The Morgan fingerprint density at radius 1 is 1.38 bits per heavy atom. The van der Waals surface area contributed by atoms with Gasteiger partial charge < -0.3 is 5.32 Å². The van der Waals surface area contributed by atoms with Gasteiger partial charge in [-0.3, -0.25) is 4.98 Å². The minimum Gasteiger partial charge on any atom is -0.363 e. The second-order valence-corrected chi connectivity index (χ2v) is 4.19. The maximum Gasteiger partial charge on any atom is 0.214 e. The molecule has 0 radical (unpaired) electrons. The molecule has 3 aromatic heterocycles. The van der Waals surface area contributed by atoms with Gasteiger partial charge in [0.2, 0.25) is 10.1 Å². The fourth-order valence-corrected chi connectivity index (χ4v) is 2.23. The highest BCUT2D eigenvalue weighted by Gasteiger charge is 2.10. The molecule has 0 spiro atoms. The number of aromatic nitrogens is 4. The first kappa shape index (κ1) is 9.29. The maximum absolute atomic E-state index is 4.40. The van der Waals surface area contributed by atoms with Crippen molar-refractivity contribution in [2.45, 2.75) is 0 Å². The van der Waals surface area contributed by atoms with Crippen molar-refractivity contribution in [2.24, 2.45) is 0 Å². The van der Waals surface area contributed by atoms with Crippen LogP contribution in [0.2, 0.25) is 0 Å². The van der Waals surface area contributed by atoms with Crippen LogP contribution < -0.4 is 5.32 Å². The molecule has 0 aromatic carbocycles. The number of nitrogens with zero attached hydrogens (tertiary/aromatic N) is 4. The summed E-state index contributed by atoms with van der Waals surface area (Å²) in [5.74, 6) is 0. The number of hydrogen-bond donors (Lipinski definition) is 1. The molecule has 0 amide bonds. The Labute approximate surface area is 95.8 Å². The van der Waals surface area contributed by atoms with Crippen molar-refractivity contribution in [2.75, 3.05) is 12.4 Å². The second-order valence-electron chi connectivity index (χ2n) is 3.24. The van der Waals surface area contributed by atoms with Gasteiger partial charge in [0.15, 0.2) is 0 Å². The summed E-state index contributed by atoms with van der Waals surface area (Å²) in [5.41, 5.74) is 1.98. The highest BCUT2D eigenvalue weighted by molar-refractivity contribution is 7.20. The molecular formula is C10H9N5S. The van der Waals surface area contributed by atoms with Crippen molar-refractivity contribution in [3.8, 4) is 11.3 Å². The van der Waals surface area contributed by atoms with E-state index >= 15 is 0 Å². The molecule has 0 saturated heterocycles. The van der Waals surface area contributed by atoms with Crippen molar-refractivity contribution >= 4 is 21.4 Å². The Morgan fingerprint density at radius 2 is 2.31 bits per heavy atom. The molecule has 3 rings (SSSR count). The predicted octanol–water partition coefficient (Wildman–Crippen LogP) is 1.89. The summed E-state index contributed by atoms with van der Waals surface area (Å²) >= 11 is 1.52. The maximum atomic E-state index is 4.40. The van der Waals surface area contributed by atoms with Crippen molar-refractivity contribution in [3.63, 3.8) is 0 Å². The monoisotopic (exact) mass is 231 g/mol. The molecule has 0 aliphatic heterocycles. The SMILES string of the molecule is CNc1nn2c(-c3cccnc3)cnc2s1. The van der Waals surface area contributed by atoms with Crippen LogP contribution >= 0.6 is 11.3 Å². The Kier molecular flexibility index (Phi) is 2.07. The zero-order valence-electron chi connectivity index (χ0n) is 8.58. The van der Waals surface area contributed by atoms with Crippen LogP contribution in [0.15, 0.2) is 30.7 Å². The van der Waals surface area contributed by atoms with E-state index in [0.29, 0.717) is 0 Å². The van der Waals surface area contributed by atoms with Crippen molar-refractivity contribution in [1.82, 2.24) is 19.6 Å². The highest BCUT2D eigenvalue weighted by Crippen LogP contribution is 2.24. The zero-order chi connectivity index (χ0) is 11.0. The van der Waals surface area contributed by atoms with E-state index in [1.807, 2.05) is 36.1 Å². The minimum atomic E-state index is 0.855. The molecule has 0 unspecified atom stereocenters. The van der Waals surface area contributed by atoms with Crippen LogP contribution in [0.3, 0.4) is 0 Å². The van der Waals surface area contributed by atoms with Crippen molar-refractivity contribution in [1.29, 1.82) is 0 Å². The van der Waals surface area contributed by atoms with E-state index in [2.05, 4.69) is 20.4 Å². The van der Waals surface area contributed by atoms with E-state index < -0.39 is 0 Å². The third-order valence-corrected chi connectivity index (χ3v) is 3.20. The number of imidazole rings is 1. The summed E-state index contributed by atoms with van der Waals surface area (Å²) in [6, 6.07) is 3.90. The summed E-state index contributed by atoms with van der Waals surface area (Å²) in [4.78, 5) is 9.29. The number of nitrogens with one attached hydrogen (secondary N) is 1. The molecule has 6 heteroatoms. The lowest BCUT2D eigenvalue weighted by Crippen LogP contribution is -1.91. The first-order chi connectivity index (χ1) is 7.88. The van der Waals surface area contributed by atoms with E-state index in [0.717, 1.165) is 21.3 Å². The topological polar surface area (TPSA) is 55.1 Å². The molecular weight excluding hydrogens is 222 g/mol. The average molecular weight is 231 g/mol. The van der Waals surface area contributed by atoms with Gasteiger partial charge in [-0.1, -0.05) is 11.3 Å². The molecule has 0 aliphatic carbocycles. The van der Waals surface area contributed by atoms with Crippen LogP contribution in [0.5, 0.6) is 0 Å². The molecule has 5 nitrogen and oxygen atoms in total. The minimum absolute atomic E-state index is 0.855. The summed E-state index contributed by atoms with van der Waals surface area (Å²) in [5, 5.41) is 8.27. The number of hydrogen-bond acceptors (Lipinski definition) is 5. The van der Waals surface area contributed by atoms with E-state index in [1.54, 1.807) is 6.20 Å². The molecule has 0 saturated carbocycles. The van der Waals surface area contributed by atoms with Crippen LogP contribution in [0.25, 0.3) is 16.2 Å². The van der Waals surface area contributed by atoms with Crippen LogP contribution in [0.1, 0.15) is 0 Å².